The van der Waals surface area contributed by atoms with Gasteiger partial charge in [0.05, 0.1) is 11.2 Å². The van der Waals surface area contributed by atoms with Gasteiger partial charge in [-0.15, -0.1) is 15.6 Å². The first-order chi connectivity index (χ1) is 22.0. The molecule has 1 aliphatic heterocycles. The van der Waals surface area contributed by atoms with Crippen molar-refractivity contribution in [2.24, 2.45) is 17.9 Å². The molecule has 21 heteroatoms. The highest BCUT2D eigenvalue weighted by Gasteiger charge is 2.58. The maximum absolute atomic E-state index is 13.2. The molecule has 254 valence electrons. The Morgan fingerprint density at radius 1 is 1.28 bits per heavy atom. The number of amides is 2. The smallest absolute Gasteiger partial charge is 0.418 e. The zero-order valence-corrected chi connectivity index (χ0v) is 26.9. The summed E-state index contributed by atoms with van der Waals surface area (Å²) in [4.78, 5) is 46.8. The lowest BCUT2D eigenvalue weighted by molar-refractivity contribution is -0.218. The Labute approximate surface area is 271 Å². The number of nitrogens with two attached hydrogens (primary N) is 2. The van der Waals surface area contributed by atoms with Crippen molar-refractivity contribution in [3.05, 3.63) is 47.2 Å². The van der Waals surface area contributed by atoms with Crippen molar-refractivity contribution >= 4 is 50.4 Å². The number of imidazole rings is 1. The van der Waals surface area contributed by atoms with Gasteiger partial charge in [0.2, 0.25) is 5.62 Å². The van der Waals surface area contributed by atoms with Gasteiger partial charge in [-0.1, -0.05) is 5.16 Å². The summed E-state index contributed by atoms with van der Waals surface area (Å²) in [6.07, 6.45) is 0.865. The molecule has 2 aromatic heterocycles. The minimum Gasteiger partial charge on any atom is -0.489 e. The number of thiazole rings is 1. The number of carboxylic acid groups (broad SMARTS) is 1. The van der Waals surface area contributed by atoms with E-state index in [0.29, 0.717) is 29.5 Å². The molecule has 1 aromatic carbocycles. The van der Waals surface area contributed by atoms with E-state index in [1.165, 1.54) is 19.2 Å². The van der Waals surface area contributed by atoms with Gasteiger partial charge in [-0.3, -0.25) is 19.6 Å². The molecule has 0 bridgehead atoms. The standard InChI is InChI=1S/C26H33N9O10S2/c1-26(2)20(22(37)35(26)45-47(40,41)42)31-21(36)19(16-13-46-24(28)30-16)32-44-18(23(38)39)12-43-15-7-5-14(6-8-15)17-11-34(10-4-9-27)25(29)33(17)3/h5-8,11,13,18,20,29H,4,9-10,12,27H2,1-3H3,(H2,28,30)(H,31,36)(H,38,39)(H,40,41,42)/b29-25?,32-19-/t18-,20+/m0/s1. The fourth-order valence-corrected chi connectivity index (χ4v) is 5.48. The van der Waals surface area contributed by atoms with Gasteiger partial charge in [0.25, 0.3) is 17.9 Å². The van der Waals surface area contributed by atoms with Gasteiger partial charge >= 0.3 is 16.4 Å². The Morgan fingerprint density at radius 3 is 2.51 bits per heavy atom. The highest BCUT2D eigenvalue weighted by molar-refractivity contribution is 7.80. The van der Waals surface area contributed by atoms with Crippen molar-refractivity contribution in [3.8, 4) is 17.0 Å². The lowest BCUT2D eigenvalue weighted by Gasteiger charge is -2.50. The van der Waals surface area contributed by atoms with Gasteiger partial charge in [0.15, 0.2) is 10.8 Å². The number of β-lactam (4-membered cyclic amide) rings is 1. The summed E-state index contributed by atoms with van der Waals surface area (Å²) in [6, 6.07) is 5.38. The van der Waals surface area contributed by atoms with Gasteiger partial charge in [-0.25, -0.2) is 9.78 Å². The van der Waals surface area contributed by atoms with E-state index in [1.54, 1.807) is 40.4 Å². The molecular formula is C26H33N9O10S2. The first-order valence-electron chi connectivity index (χ1n) is 13.8. The second-order valence-electron chi connectivity index (χ2n) is 10.7. The minimum absolute atomic E-state index is 0.0505. The first-order valence-corrected chi connectivity index (χ1v) is 16.0. The number of carbonyl (C=O) groups excluding carboxylic acids is 2. The Kier molecular flexibility index (Phi) is 10.3. The summed E-state index contributed by atoms with van der Waals surface area (Å²) < 4.78 is 44.5. The van der Waals surface area contributed by atoms with Crippen LogP contribution in [0.4, 0.5) is 5.13 Å². The van der Waals surface area contributed by atoms with Gasteiger partial charge in [0, 0.05) is 25.2 Å². The first kappa shape index (κ1) is 35.0. The zero-order chi connectivity index (χ0) is 34.7. The Bertz CT molecular complexity index is 1850. The Morgan fingerprint density at radius 2 is 1.96 bits per heavy atom. The molecule has 3 heterocycles. The third kappa shape index (κ3) is 7.94. The fourth-order valence-electron chi connectivity index (χ4n) is 4.48. The second kappa shape index (κ2) is 13.9. The molecule has 4 rings (SSSR count). The SMILES string of the molecule is Cn1c(-c2ccc(OC[C@H](O/N=C(\C(=O)N[C@@H]3C(=O)N(OS(=O)(=O)O)C3(C)C)c3csc(N)n3)C(=O)O)cc2)cn(CCCN)c1=N. The number of hydroxylamine groups is 2. The quantitative estimate of drug-likeness (QED) is 0.0505. The van der Waals surface area contributed by atoms with Crippen molar-refractivity contribution in [2.75, 3.05) is 18.9 Å². The molecule has 0 aliphatic carbocycles. The number of aromatic nitrogens is 3. The van der Waals surface area contributed by atoms with Crippen molar-refractivity contribution in [1.82, 2.24) is 24.5 Å². The van der Waals surface area contributed by atoms with E-state index in [-0.39, 0.29) is 10.8 Å². The van der Waals surface area contributed by atoms with Crippen molar-refractivity contribution in [3.63, 3.8) is 0 Å². The van der Waals surface area contributed by atoms with E-state index in [9.17, 15) is 27.9 Å². The lowest BCUT2D eigenvalue weighted by atomic mass is 9.84. The monoisotopic (exact) mass is 695 g/mol. The molecule has 3 aromatic rings. The number of nitrogens with one attached hydrogen (secondary N) is 2. The molecule has 0 spiro atoms. The van der Waals surface area contributed by atoms with E-state index in [2.05, 4.69) is 19.7 Å². The molecule has 1 aliphatic rings. The van der Waals surface area contributed by atoms with E-state index >= 15 is 0 Å². The van der Waals surface area contributed by atoms with Crippen LogP contribution in [0.5, 0.6) is 5.75 Å². The molecule has 0 radical (unpaired) electrons. The molecule has 0 saturated carbocycles. The highest BCUT2D eigenvalue weighted by atomic mass is 32.3. The number of anilines is 1. The number of hydrogen-bond donors (Lipinski definition) is 6. The molecule has 8 N–H and O–H groups in total. The third-order valence-electron chi connectivity index (χ3n) is 7.03. The number of nitrogen functional groups attached to an aromatic ring is 1. The number of aliphatic carboxylic acids is 1. The Hall–Kier alpha value is -4.83. The van der Waals surface area contributed by atoms with Crippen molar-refractivity contribution in [1.29, 1.82) is 5.41 Å². The number of hydrogen-bond acceptors (Lipinski definition) is 14. The number of rotatable bonds is 15. The summed E-state index contributed by atoms with van der Waals surface area (Å²) in [5.74, 6) is -3.20. The molecule has 2 amide bonds. The second-order valence-corrected chi connectivity index (χ2v) is 12.6. The molecule has 2 atom stereocenters. The van der Waals surface area contributed by atoms with Gasteiger partial charge < -0.3 is 40.6 Å². The molecule has 1 saturated heterocycles. The van der Waals surface area contributed by atoms with E-state index in [4.69, 9.17) is 31.0 Å². The zero-order valence-electron chi connectivity index (χ0n) is 25.3. The van der Waals surface area contributed by atoms with Crippen LogP contribution in [0.2, 0.25) is 0 Å². The molecule has 19 nitrogen and oxygen atoms in total. The van der Waals surface area contributed by atoms with Crippen LogP contribution in [0.25, 0.3) is 11.3 Å². The van der Waals surface area contributed by atoms with Crippen LogP contribution in [0.1, 0.15) is 26.0 Å². The number of carbonyl (C=O) groups is 3. The van der Waals surface area contributed by atoms with Crippen molar-refractivity contribution in [2.45, 2.75) is 44.5 Å². The van der Waals surface area contributed by atoms with Crippen LogP contribution in [-0.2, 0) is 47.5 Å². The van der Waals surface area contributed by atoms with Crippen LogP contribution in [-0.4, -0.2) is 91.6 Å². The number of ether oxygens (including phenoxy) is 1. The van der Waals surface area contributed by atoms with Gasteiger partial charge in [-0.2, -0.15) is 13.5 Å². The molecule has 47 heavy (non-hydrogen) atoms. The molecule has 0 unspecified atom stereocenters. The van der Waals surface area contributed by atoms with E-state index in [0.717, 1.165) is 29.0 Å². The summed E-state index contributed by atoms with van der Waals surface area (Å²) in [6.45, 7) is 3.29. The summed E-state index contributed by atoms with van der Waals surface area (Å²) in [5.41, 5.74) is 11.1. The van der Waals surface area contributed by atoms with Crippen LogP contribution < -0.4 is 27.1 Å². The normalized spacial score (nSPS) is 16.8. The maximum Gasteiger partial charge on any atom is 0.418 e. The number of oxime groups is 1. The largest absolute Gasteiger partial charge is 0.489 e. The van der Waals surface area contributed by atoms with E-state index in [1.807, 2.05) is 6.20 Å². The number of nitrogens with zero attached hydrogens (tertiary/aromatic N) is 5. The number of aryl methyl sites for hydroxylation is 1. The molecule has 1 fully saturated rings. The molecular weight excluding hydrogens is 662 g/mol. The average molecular weight is 696 g/mol. The lowest BCUT2D eigenvalue weighted by Crippen LogP contribution is -2.76. The number of benzene rings is 1. The van der Waals surface area contributed by atoms with Crippen LogP contribution >= 0.6 is 11.3 Å². The van der Waals surface area contributed by atoms with E-state index < -0.39 is 58.2 Å². The summed E-state index contributed by atoms with van der Waals surface area (Å²) in [5, 5.41) is 25.9. The van der Waals surface area contributed by atoms with Gasteiger partial charge in [-0.05, 0) is 56.6 Å². The minimum atomic E-state index is -5.02. The van der Waals surface area contributed by atoms with Crippen LogP contribution in [0.15, 0.2) is 41.0 Å². The third-order valence-corrected chi connectivity index (χ3v) is 8.04. The Balaban J connectivity index is 1.46. The maximum atomic E-state index is 13.2. The predicted molar refractivity (Wildman–Crippen MR) is 165 cm³/mol. The topological polar surface area (TPSA) is 280 Å². The van der Waals surface area contributed by atoms with Crippen LogP contribution in [0.3, 0.4) is 0 Å². The average Bonchev–Trinajstić information content (AvgIpc) is 3.56. The van der Waals surface area contributed by atoms with Crippen LogP contribution in [0, 0.1) is 5.41 Å². The fraction of sp³-hybridized carbons (Fsp3) is 0.385. The number of carboxylic acids is 1. The summed E-state index contributed by atoms with van der Waals surface area (Å²) >= 11 is 0.951. The highest BCUT2D eigenvalue weighted by Crippen LogP contribution is 2.33. The van der Waals surface area contributed by atoms with Gasteiger partial charge in [0.1, 0.15) is 24.1 Å². The predicted octanol–water partition coefficient (Wildman–Crippen LogP) is -0.547. The summed E-state index contributed by atoms with van der Waals surface area (Å²) in [7, 11) is -3.26. The van der Waals surface area contributed by atoms with Crippen molar-refractivity contribution < 1.29 is 46.3 Å².